The Morgan fingerprint density at radius 3 is 2.81 bits per heavy atom. The molecule has 0 saturated carbocycles. The number of amidine groups is 1. The summed E-state index contributed by atoms with van der Waals surface area (Å²) in [5.74, 6) is 0.437. The Balaban J connectivity index is 1.69. The molecule has 0 aliphatic carbocycles. The van der Waals surface area contributed by atoms with E-state index < -0.39 is 0 Å². The molecule has 0 aromatic heterocycles. The van der Waals surface area contributed by atoms with Crippen LogP contribution in [-0.2, 0) is 4.79 Å². The Hall–Kier alpha value is -2.78. The summed E-state index contributed by atoms with van der Waals surface area (Å²) in [5.41, 5.74) is 2.53. The lowest BCUT2D eigenvalue weighted by Crippen LogP contribution is -2.36. The van der Waals surface area contributed by atoms with Gasteiger partial charge in [-0.3, -0.25) is 9.69 Å². The van der Waals surface area contributed by atoms with Gasteiger partial charge in [-0.1, -0.05) is 30.8 Å². The maximum atomic E-state index is 12.6. The van der Waals surface area contributed by atoms with Gasteiger partial charge in [0.15, 0.2) is 11.8 Å². The summed E-state index contributed by atoms with van der Waals surface area (Å²) in [4.78, 5) is 18.9. The van der Waals surface area contributed by atoms with Gasteiger partial charge in [-0.2, -0.15) is 5.26 Å². The van der Waals surface area contributed by atoms with E-state index in [0.717, 1.165) is 11.3 Å². The average molecular weight is 365 g/mol. The molecule has 5 nitrogen and oxygen atoms in total. The standard InChI is InChI=1S/C20H19N3O2S/c1-14-4-3-5-17(10-14)22-20-23(12-15(2)26-20)19(24)13-25-18-8-6-16(11-21)7-9-18/h3-10,15H,12-13H2,1-2H3/t15-/m1/s1. The zero-order valence-electron chi connectivity index (χ0n) is 14.7. The van der Waals surface area contributed by atoms with Crippen molar-refractivity contribution in [2.75, 3.05) is 13.2 Å². The molecule has 2 aromatic carbocycles. The largest absolute Gasteiger partial charge is 0.484 e. The Labute approximate surface area is 157 Å². The van der Waals surface area contributed by atoms with Crippen molar-refractivity contribution in [2.24, 2.45) is 4.99 Å². The number of thioether (sulfide) groups is 1. The summed E-state index contributed by atoms with van der Waals surface area (Å²) in [5, 5.41) is 9.81. The molecular formula is C20H19N3O2S. The van der Waals surface area contributed by atoms with Gasteiger partial charge in [-0.25, -0.2) is 4.99 Å². The zero-order valence-corrected chi connectivity index (χ0v) is 15.5. The van der Waals surface area contributed by atoms with Crippen molar-refractivity contribution in [1.82, 2.24) is 4.90 Å². The van der Waals surface area contributed by atoms with Crippen LogP contribution in [0.4, 0.5) is 5.69 Å². The van der Waals surface area contributed by atoms with E-state index in [4.69, 9.17) is 10.00 Å². The predicted octanol–water partition coefficient (Wildman–Crippen LogP) is 3.90. The predicted molar refractivity (Wildman–Crippen MR) is 104 cm³/mol. The summed E-state index contributed by atoms with van der Waals surface area (Å²) in [6.45, 7) is 4.64. The Morgan fingerprint density at radius 1 is 1.35 bits per heavy atom. The molecule has 0 radical (unpaired) electrons. The van der Waals surface area contributed by atoms with Gasteiger partial charge in [0.05, 0.1) is 17.3 Å². The number of benzene rings is 2. The second kappa shape index (κ2) is 8.07. The molecule has 1 heterocycles. The number of carbonyl (C=O) groups is 1. The van der Waals surface area contributed by atoms with E-state index in [2.05, 4.69) is 18.0 Å². The molecule has 0 spiro atoms. The van der Waals surface area contributed by atoms with Crippen molar-refractivity contribution in [2.45, 2.75) is 19.1 Å². The van der Waals surface area contributed by atoms with Gasteiger partial charge in [0, 0.05) is 11.8 Å². The molecule has 1 aliphatic rings. The second-order valence-electron chi connectivity index (χ2n) is 6.09. The Bertz CT molecular complexity index is 871. The number of hydrogen-bond donors (Lipinski definition) is 0. The van der Waals surface area contributed by atoms with Crippen molar-refractivity contribution in [3.63, 3.8) is 0 Å². The van der Waals surface area contributed by atoms with Crippen molar-refractivity contribution >= 4 is 28.5 Å². The van der Waals surface area contributed by atoms with Crippen LogP contribution >= 0.6 is 11.8 Å². The van der Waals surface area contributed by atoms with Gasteiger partial charge >= 0.3 is 0 Å². The van der Waals surface area contributed by atoms with E-state index >= 15 is 0 Å². The first-order chi connectivity index (χ1) is 12.5. The third-order valence-corrected chi connectivity index (χ3v) is 4.92. The first kappa shape index (κ1) is 18.0. The fourth-order valence-electron chi connectivity index (χ4n) is 2.57. The lowest BCUT2D eigenvalue weighted by molar-refractivity contribution is -0.129. The molecular weight excluding hydrogens is 346 g/mol. The van der Waals surface area contributed by atoms with Gasteiger partial charge < -0.3 is 4.74 Å². The van der Waals surface area contributed by atoms with E-state index in [1.165, 1.54) is 0 Å². The average Bonchev–Trinajstić information content (AvgIpc) is 3.00. The fraction of sp³-hybridized carbons (Fsp3) is 0.250. The van der Waals surface area contributed by atoms with Crippen LogP contribution in [0.2, 0.25) is 0 Å². The smallest absolute Gasteiger partial charge is 0.266 e. The van der Waals surface area contributed by atoms with Gasteiger partial charge in [0.25, 0.3) is 5.91 Å². The van der Waals surface area contributed by atoms with E-state index in [-0.39, 0.29) is 17.8 Å². The minimum atomic E-state index is -0.127. The van der Waals surface area contributed by atoms with Gasteiger partial charge in [-0.05, 0) is 48.9 Å². The van der Waals surface area contributed by atoms with Crippen LogP contribution in [0.5, 0.6) is 5.75 Å². The Morgan fingerprint density at radius 2 is 2.12 bits per heavy atom. The van der Waals surface area contributed by atoms with Crippen LogP contribution < -0.4 is 4.74 Å². The van der Waals surface area contributed by atoms with E-state index in [9.17, 15) is 4.79 Å². The van der Waals surface area contributed by atoms with Crippen molar-refractivity contribution in [1.29, 1.82) is 5.26 Å². The van der Waals surface area contributed by atoms with Crippen LogP contribution in [0.15, 0.2) is 53.5 Å². The molecule has 26 heavy (non-hydrogen) atoms. The summed E-state index contributed by atoms with van der Waals surface area (Å²) in [6.07, 6.45) is 0. The topological polar surface area (TPSA) is 65.7 Å². The number of carbonyl (C=O) groups excluding carboxylic acids is 1. The van der Waals surface area contributed by atoms with E-state index in [0.29, 0.717) is 23.0 Å². The van der Waals surface area contributed by atoms with Gasteiger partial charge in [0.2, 0.25) is 0 Å². The van der Waals surface area contributed by atoms with Crippen molar-refractivity contribution in [3.05, 3.63) is 59.7 Å². The maximum Gasteiger partial charge on any atom is 0.266 e. The van der Waals surface area contributed by atoms with Gasteiger partial charge in [-0.15, -0.1) is 0 Å². The highest BCUT2D eigenvalue weighted by Gasteiger charge is 2.31. The third-order valence-electron chi connectivity index (χ3n) is 3.85. The fourth-order valence-corrected chi connectivity index (χ4v) is 3.61. The van der Waals surface area contributed by atoms with Crippen molar-refractivity contribution in [3.8, 4) is 11.8 Å². The van der Waals surface area contributed by atoms with Gasteiger partial charge in [0.1, 0.15) is 5.75 Å². The van der Waals surface area contributed by atoms with E-state index in [1.807, 2.05) is 31.2 Å². The minimum Gasteiger partial charge on any atom is -0.484 e. The number of ether oxygens (including phenoxy) is 1. The monoisotopic (exact) mass is 365 g/mol. The number of nitrogens with zero attached hydrogens (tertiary/aromatic N) is 3. The first-order valence-corrected chi connectivity index (χ1v) is 9.18. The van der Waals surface area contributed by atoms with Crippen LogP contribution in [0.1, 0.15) is 18.1 Å². The SMILES string of the molecule is Cc1cccc(N=C2S[C@H](C)CN2C(=O)COc2ccc(C#N)cc2)c1. The summed E-state index contributed by atoms with van der Waals surface area (Å²) >= 11 is 1.59. The molecule has 1 aliphatic heterocycles. The van der Waals surface area contributed by atoms with Crippen LogP contribution in [0.3, 0.4) is 0 Å². The molecule has 1 saturated heterocycles. The normalized spacial score (nSPS) is 18.0. The number of nitriles is 1. The summed E-state index contributed by atoms with van der Waals surface area (Å²) < 4.78 is 5.57. The van der Waals surface area contributed by atoms with E-state index in [1.54, 1.807) is 40.9 Å². The molecule has 3 rings (SSSR count). The number of amides is 1. The second-order valence-corrected chi connectivity index (χ2v) is 7.50. The quantitative estimate of drug-likeness (QED) is 0.824. The zero-order chi connectivity index (χ0) is 18.5. The number of hydrogen-bond acceptors (Lipinski definition) is 5. The molecule has 1 atom stereocenters. The molecule has 1 fully saturated rings. The highest BCUT2D eigenvalue weighted by atomic mass is 32.2. The third kappa shape index (κ3) is 4.44. The molecule has 1 amide bonds. The molecule has 0 N–H and O–H groups in total. The summed E-state index contributed by atoms with van der Waals surface area (Å²) in [6, 6.07) is 16.7. The number of aliphatic imine (C=N–C) groups is 1. The molecule has 132 valence electrons. The lowest BCUT2D eigenvalue weighted by atomic mass is 10.2. The molecule has 0 bridgehead atoms. The minimum absolute atomic E-state index is 0.0635. The summed E-state index contributed by atoms with van der Waals surface area (Å²) in [7, 11) is 0. The lowest BCUT2D eigenvalue weighted by Gasteiger charge is -2.16. The highest BCUT2D eigenvalue weighted by molar-refractivity contribution is 8.14. The van der Waals surface area contributed by atoms with Crippen LogP contribution in [-0.4, -0.2) is 34.4 Å². The Kier molecular flexibility index (Phi) is 5.59. The highest BCUT2D eigenvalue weighted by Crippen LogP contribution is 2.28. The van der Waals surface area contributed by atoms with Crippen LogP contribution in [0.25, 0.3) is 0 Å². The first-order valence-electron chi connectivity index (χ1n) is 8.30. The van der Waals surface area contributed by atoms with Crippen molar-refractivity contribution < 1.29 is 9.53 Å². The number of rotatable bonds is 4. The molecule has 6 heteroatoms. The van der Waals surface area contributed by atoms with Crippen LogP contribution in [0, 0.1) is 18.3 Å². The number of aryl methyl sites for hydroxylation is 1. The molecule has 0 unspecified atom stereocenters. The maximum absolute atomic E-state index is 12.6. The molecule has 2 aromatic rings.